The molecule has 0 radical (unpaired) electrons. The van der Waals surface area contributed by atoms with Gasteiger partial charge in [-0.15, -0.1) is 0 Å². The largest absolute Gasteiger partial charge is 0.493 e. The van der Waals surface area contributed by atoms with Crippen molar-refractivity contribution in [3.63, 3.8) is 0 Å². The SMILES string of the molecule is CCCOc1c(C)cccc1CBr. The van der Waals surface area contributed by atoms with Crippen molar-refractivity contribution >= 4 is 15.9 Å². The maximum absolute atomic E-state index is 5.68. The van der Waals surface area contributed by atoms with Crippen LogP contribution in [0, 0.1) is 6.92 Å². The number of benzene rings is 1. The summed E-state index contributed by atoms with van der Waals surface area (Å²) in [6, 6.07) is 6.23. The van der Waals surface area contributed by atoms with Crippen molar-refractivity contribution in [2.24, 2.45) is 0 Å². The summed E-state index contributed by atoms with van der Waals surface area (Å²) in [5.74, 6) is 1.04. The van der Waals surface area contributed by atoms with Crippen molar-refractivity contribution in [2.75, 3.05) is 6.61 Å². The van der Waals surface area contributed by atoms with E-state index in [-0.39, 0.29) is 0 Å². The van der Waals surface area contributed by atoms with Gasteiger partial charge < -0.3 is 4.74 Å². The third-order valence-corrected chi connectivity index (χ3v) is 2.49. The highest BCUT2D eigenvalue weighted by Gasteiger charge is 2.04. The van der Waals surface area contributed by atoms with Gasteiger partial charge in [0.2, 0.25) is 0 Å². The molecule has 13 heavy (non-hydrogen) atoms. The lowest BCUT2D eigenvalue weighted by atomic mass is 10.1. The Morgan fingerprint density at radius 2 is 2.15 bits per heavy atom. The molecule has 0 amide bonds. The summed E-state index contributed by atoms with van der Waals surface area (Å²) in [6.45, 7) is 4.99. The maximum atomic E-state index is 5.68. The molecule has 0 aromatic heterocycles. The average molecular weight is 243 g/mol. The monoisotopic (exact) mass is 242 g/mol. The number of para-hydroxylation sites is 1. The molecule has 0 aliphatic heterocycles. The molecule has 0 saturated carbocycles. The lowest BCUT2D eigenvalue weighted by Gasteiger charge is -2.11. The molecule has 2 heteroatoms. The highest BCUT2D eigenvalue weighted by atomic mass is 79.9. The third-order valence-electron chi connectivity index (χ3n) is 1.89. The van der Waals surface area contributed by atoms with Crippen LogP contribution in [0.3, 0.4) is 0 Å². The van der Waals surface area contributed by atoms with Gasteiger partial charge in [-0.05, 0) is 18.9 Å². The summed E-state index contributed by atoms with van der Waals surface area (Å²) in [7, 11) is 0. The standard InChI is InChI=1S/C11H15BrO/c1-3-7-13-11-9(2)5-4-6-10(11)8-12/h4-6H,3,7-8H2,1-2H3. The molecule has 0 N–H and O–H groups in total. The summed E-state index contributed by atoms with van der Waals surface area (Å²) in [5.41, 5.74) is 2.44. The van der Waals surface area contributed by atoms with Crippen LogP contribution in [0.2, 0.25) is 0 Å². The molecule has 1 aromatic carbocycles. The van der Waals surface area contributed by atoms with Crippen LogP contribution in [-0.2, 0) is 5.33 Å². The minimum Gasteiger partial charge on any atom is -0.493 e. The Morgan fingerprint density at radius 1 is 1.38 bits per heavy atom. The van der Waals surface area contributed by atoms with Crippen LogP contribution in [-0.4, -0.2) is 6.61 Å². The van der Waals surface area contributed by atoms with Crippen molar-refractivity contribution in [3.8, 4) is 5.75 Å². The van der Waals surface area contributed by atoms with Gasteiger partial charge in [0.05, 0.1) is 6.61 Å². The van der Waals surface area contributed by atoms with E-state index in [1.807, 2.05) is 0 Å². The van der Waals surface area contributed by atoms with E-state index in [1.165, 1.54) is 11.1 Å². The second-order valence-corrected chi connectivity index (χ2v) is 3.61. The third kappa shape index (κ3) is 2.73. The van der Waals surface area contributed by atoms with E-state index in [0.717, 1.165) is 24.1 Å². The number of halogens is 1. The first kappa shape index (κ1) is 10.6. The zero-order valence-electron chi connectivity index (χ0n) is 8.14. The Balaban J connectivity index is 2.87. The molecule has 0 fully saturated rings. The van der Waals surface area contributed by atoms with Crippen LogP contribution in [0.5, 0.6) is 5.75 Å². The van der Waals surface area contributed by atoms with Crippen molar-refractivity contribution in [3.05, 3.63) is 29.3 Å². The van der Waals surface area contributed by atoms with Crippen LogP contribution in [0.25, 0.3) is 0 Å². The fourth-order valence-electron chi connectivity index (χ4n) is 1.23. The van der Waals surface area contributed by atoms with Crippen molar-refractivity contribution in [2.45, 2.75) is 25.6 Å². The summed E-state index contributed by atoms with van der Waals surface area (Å²) in [4.78, 5) is 0. The number of hydrogen-bond acceptors (Lipinski definition) is 1. The highest BCUT2D eigenvalue weighted by Crippen LogP contribution is 2.25. The Morgan fingerprint density at radius 3 is 2.77 bits per heavy atom. The number of aryl methyl sites for hydroxylation is 1. The van der Waals surface area contributed by atoms with Gasteiger partial charge in [-0.3, -0.25) is 0 Å². The van der Waals surface area contributed by atoms with Crippen LogP contribution >= 0.6 is 15.9 Å². The van der Waals surface area contributed by atoms with Gasteiger partial charge in [0.1, 0.15) is 5.75 Å². The molecule has 0 aliphatic carbocycles. The van der Waals surface area contributed by atoms with E-state index in [0.29, 0.717) is 0 Å². The molecule has 0 spiro atoms. The average Bonchev–Trinajstić information content (AvgIpc) is 2.15. The molecule has 72 valence electrons. The molecule has 0 bridgehead atoms. The lowest BCUT2D eigenvalue weighted by molar-refractivity contribution is 0.313. The second-order valence-electron chi connectivity index (χ2n) is 3.05. The molecule has 1 nitrogen and oxygen atoms in total. The molecule has 0 atom stereocenters. The number of hydrogen-bond donors (Lipinski definition) is 0. The fourth-order valence-corrected chi connectivity index (χ4v) is 1.67. The van der Waals surface area contributed by atoms with Gasteiger partial charge >= 0.3 is 0 Å². The predicted octanol–water partition coefficient (Wildman–Crippen LogP) is 3.68. The summed E-state index contributed by atoms with van der Waals surface area (Å²) >= 11 is 3.45. The number of alkyl halides is 1. The number of ether oxygens (including phenoxy) is 1. The topological polar surface area (TPSA) is 9.23 Å². The van der Waals surface area contributed by atoms with Crippen LogP contribution < -0.4 is 4.74 Å². The van der Waals surface area contributed by atoms with E-state index >= 15 is 0 Å². The van der Waals surface area contributed by atoms with E-state index < -0.39 is 0 Å². The minimum absolute atomic E-state index is 0.796. The second kappa shape index (κ2) is 5.28. The Bertz CT molecular complexity index is 271. The van der Waals surface area contributed by atoms with E-state index in [4.69, 9.17) is 4.74 Å². The minimum atomic E-state index is 0.796. The molecule has 0 unspecified atom stereocenters. The molecule has 0 aliphatic rings. The summed E-state index contributed by atoms with van der Waals surface area (Å²) in [6.07, 6.45) is 1.05. The van der Waals surface area contributed by atoms with E-state index in [9.17, 15) is 0 Å². The van der Waals surface area contributed by atoms with Crippen molar-refractivity contribution in [1.29, 1.82) is 0 Å². The molecule has 0 saturated heterocycles. The van der Waals surface area contributed by atoms with Gasteiger partial charge in [0.25, 0.3) is 0 Å². The first-order valence-electron chi connectivity index (χ1n) is 4.56. The van der Waals surface area contributed by atoms with Crippen molar-refractivity contribution in [1.82, 2.24) is 0 Å². The van der Waals surface area contributed by atoms with Gasteiger partial charge in [0.15, 0.2) is 0 Å². The first-order chi connectivity index (χ1) is 6.29. The van der Waals surface area contributed by atoms with Crippen LogP contribution in [0.4, 0.5) is 0 Å². The predicted molar refractivity (Wildman–Crippen MR) is 59.6 cm³/mol. The smallest absolute Gasteiger partial charge is 0.126 e. The molecular weight excluding hydrogens is 228 g/mol. The van der Waals surface area contributed by atoms with Gasteiger partial charge in [-0.2, -0.15) is 0 Å². The van der Waals surface area contributed by atoms with Gasteiger partial charge in [-0.1, -0.05) is 41.1 Å². The van der Waals surface area contributed by atoms with E-state index in [2.05, 4.69) is 48.0 Å². The zero-order chi connectivity index (χ0) is 9.68. The molecule has 1 aromatic rings. The Kier molecular flexibility index (Phi) is 4.29. The normalized spacial score (nSPS) is 10.1. The van der Waals surface area contributed by atoms with E-state index in [1.54, 1.807) is 0 Å². The highest BCUT2D eigenvalue weighted by molar-refractivity contribution is 9.08. The van der Waals surface area contributed by atoms with Crippen LogP contribution in [0.1, 0.15) is 24.5 Å². The summed E-state index contributed by atoms with van der Waals surface area (Å²) < 4.78 is 5.68. The van der Waals surface area contributed by atoms with Gasteiger partial charge in [-0.25, -0.2) is 0 Å². The Hall–Kier alpha value is -0.500. The zero-order valence-corrected chi connectivity index (χ0v) is 9.73. The number of rotatable bonds is 4. The van der Waals surface area contributed by atoms with Gasteiger partial charge in [0, 0.05) is 10.9 Å². The molecule has 0 heterocycles. The first-order valence-corrected chi connectivity index (χ1v) is 5.69. The van der Waals surface area contributed by atoms with Crippen LogP contribution in [0.15, 0.2) is 18.2 Å². The maximum Gasteiger partial charge on any atom is 0.126 e. The molecular formula is C11H15BrO. The summed E-state index contributed by atoms with van der Waals surface area (Å²) in [5, 5.41) is 0.855. The quantitative estimate of drug-likeness (QED) is 0.733. The Labute approximate surface area is 88.2 Å². The lowest BCUT2D eigenvalue weighted by Crippen LogP contribution is -1.99. The molecule has 1 rings (SSSR count). The fraction of sp³-hybridized carbons (Fsp3) is 0.455. The van der Waals surface area contributed by atoms with Crippen molar-refractivity contribution < 1.29 is 4.74 Å².